The maximum absolute atomic E-state index is 13.5. The van der Waals surface area contributed by atoms with Crippen LogP contribution in [0.3, 0.4) is 0 Å². The second-order valence-electron chi connectivity index (χ2n) is 14.1. The third-order valence-corrected chi connectivity index (χ3v) is 10.7. The van der Waals surface area contributed by atoms with Crippen molar-refractivity contribution in [2.45, 2.75) is 64.0 Å². The number of H-pyrrole nitrogens is 2. The van der Waals surface area contributed by atoms with Crippen molar-refractivity contribution in [2.75, 3.05) is 40.0 Å². The molecule has 12 nitrogen and oxygen atoms in total. The van der Waals surface area contributed by atoms with Crippen LogP contribution in [-0.2, 0) is 19.1 Å². The van der Waals surface area contributed by atoms with E-state index < -0.39 is 12.1 Å². The molecule has 1 saturated carbocycles. The molecule has 7 rings (SSSR count). The van der Waals surface area contributed by atoms with E-state index in [1.54, 1.807) is 0 Å². The Hall–Kier alpha value is -4.97. The van der Waals surface area contributed by atoms with Crippen molar-refractivity contribution in [3.05, 3.63) is 72.6 Å². The summed E-state index contributed by atoms with van der Waals surface area (Å²) < 4.78 is 10.2. The van der Waals surface area contributed by atoms with E-state index in [-0.39, 0.29) is 35.6 Å². The molecule has 51 heavy (non-hydrogen) atoms. The molecular weight excluding hydrogens is 646 g/mol. The van der Waals surface area contributed by atoms with Crippen LogP contribution in [0.1, 0.15) is 69.6 Å². The first-order valence-corrected chi connectivity index (χ1v) is 18.1. The minimum atomic E-state index is -0.673. The van der Waals surface area contributed by atoms with Crippen molar-refractivity contribution >= 4 is 17.9 Å². The quantitative estimate of drug-likeness (QED) is 0.197. The summed E-state index contributed by atoms with van der Waals surface area (Å²) >= 11 is 0. The molecule has 0 bridgehead atoms. The van der Waals surface area contributed by atoms with Gasteiger partial charge in [0, 0.05) is 31.5 Å². The van der Waals surface area contributed by atoms with Crippen LogP contribution >= 0.6 is 0 Å². The highest BCUT2D eigenvalue weighted by atomic mass is 16.5. The Morgan fingerprint density at radius 3 is 2.00 bits per heavy atom. The summed E-state index contributed by atoms with van der Waals surface area (Å²) in [6, 6.07) is 15.9. The molecule has 2 aliphatic heterocycles. The Kier molecular flexibility index (Phi) is 10.2. The summed E-state index contributed by atoms with van der Waals surface area (Å²) in [6.45, 7) is 7.00. The number of rotatable bonds is 9. The SMILES string of the molecule is COC(=O)N[C@H](C(=O)N1CCC[C@H]1c1ncc(-c2ccc(-c3ccc(-c4cnc([C@@H]5CCC[C@H]5C(=O)N5CCOCC5)[nH]4)cc3)cc2)[nH]1)C(C)C. The van der Waals surface area contributed by atoms with Gasteiger partial charge < -0.3 is 34.6 Å². The van der Waals surface area contributed by atoms with Crippen LogP contribution in [0.5, 0.6) is 0 Å². The van der Waals surface area contributed by atoms with E-state index in [0.717, 1.165) is 77.4 Å². The maximum Gasteiger partial charge on any atom is 0.407 e. The molecule has 3 aliphatic rings. The Morgan fingerprint density at radius 1 is 0.804 bits per heavy atom. The van der Waals surface area contributed by atoms with Gasteiger partial charge in [0.05, 0.1) is 50.1 Å². The van der Waals surface area contributed by atoms with Gasteiger partial charge in [-0.3, -0.25) is 9.59 Å². The molecule has 0 unspecified atom stereocenters. The molecule has 2 aromatic carbocycles. The first kappa shape index (κ1) is 34.5. The van der Waals surface area contributed by atoms with Crippen LogP contribution in [0, 0.1) is 11.8 Å². The zero-order valence-electron chi connectivity index (χ0n) is 29.6. The number of carbonyl (C=O) groups is 3. The third kappa shape index (κ3) is 7.28. The lowest BCUT2D eigenvalue weighted by molar-refractivity contribution is -0.140. The number of aromatic amines is 2. The molecular formula is C39H47N7O5. The highest BCUT2D eigenvalue weighted by Crippen LogP contribution is 2.40. The van der Waals surface area contributed by atoms with Gasteiger partial charge in [-0.2, -0.15) is 0 Å². The molecule has 2 aromatic heterocycles. The average Bonchev–Trinajstić information content (AvgIpc) is 4.00. The highest BCUT2D eigenvalue weighted by molar-refractivity contribution is 5.86. The Labute approximate surface area is 298 Å². The number of nitrogens with one attached hydrogen (secondary N) is 3. The van der Waals surface area contributed by atoms with Crippen molar-refractivity contribution < 1.29 is 23.9 Å². The minimum Gasteiger partial charge on any atom is -0.453 e. The van der Waals surface area contributed by atoms with E-state index >= 15 is 0 Å². The second kappa shape index (κ2) is 15.1. The standard InChI is InChI=1S/C39H47N7O5/c1-24(2)34(44-39(49)50-3)38(48)46-17-5-8-33(46)36-41-23-32(43-36)28-15-11-26(12-16-28)25-9-13-27(14-10-25)31-22-40-35(42-31)29-6-4-7-30(29)37(47)45-18-20-51-21-19-45/h9-16,22-24,29-30,33-34H,4-8,17-21H2,1-3H3,(H,40,42)(H,41,43)(H,44,49)/t29-,30-,33+,34+/m1/s1. The van der Waals surface area contributed by atoms with Gasteiger partial charge in [-0.1, -0.05) is 68.8 Å². The molecule has 4 heterocycles. The highest BCUT2D eigenvalue weighted by Gasteiger charge is 2.39. The van der Waals surface area contributed by atoms with Crippen LogP contribution in [0.2, 0.25) is 0 Å². The minimum absolute atomic E-state index is 0.0262. The van der Waals surface area contributed by atoms with Crippen molar-refractivity contribution in [3.63, 3.8) is 0 Å². The number of nitrogens with zero attached hydrogens (tertiary/aromatic N) is 4. The Bertz CT molecular complexity index is 1830. The summed E-state index contributed by atoms with van der Waals surface area (Å²) in [5.41, 5.74) is 6.07. The summed E-state index contributed by atoms with van der Waals surface area (Å²) in [7, 11) is 1.30. The number of alkyl carbamates (subject to hydrolysis) is 1. The Morgan fingerprint density at radius 2 is 1.39 bits per heavy atom. The van der Waals surface area contributed by atoms with Gasteiger partial charge in [-0.25, -0.2) is 14.8 Å². The largest absolute Gasteiger partial charge is 0.453 e. The monoisotopic (exact) mass is 693 g/mol. The number of morpholine rings is 1. The van der Waals surface area contributed by atoms with Crippen LogP contribution < -0.4 is 5.32 Å². The number of likely N-dealkylation sites (tertiary alicyclic amines) is 1. The first-order chi connectivity index (χ1) is 24.8. The number of imidazole rings is 2. The van der Waals surface area contributed by atoms with Gasteiger partial charge in [0.2, 0.25) is 11.8 Å². The van der Waals surface area contributed by atoms with E-state index in [2.05, 4.69) is 68.8 Å². The first-order valence-electron chi connectivity index (χ1n) is 18.1. The van der Waals surface area contributed by atoms with Gasteiger partial charge in [-0.15, -0.1) is 0 Å². The number of amides is 3. The van der Waals surface area contributed by atoms with Crippen LogP contribution in [0.15, 0.2) is 60.9 Å². The van der Waals surface area contributed by atoms with Gasteiger partial charge in [0.1, 0.15) is 17.7 Å². The second-order valence-corrected chi connectivity index (χ2v) is 14.1. The van der Waals surface area contributed by atoms with E-state index in [4.69, 9.17) is 14.5 Å². The van der Waals surface area contributed by atoms with Crippen molar-refractivity contribution in [1.82, 2.24) is 35.1 Å². The van der Waals surface area contributed by atoms with Crippen molar-refractivity contribution in [2.24, 2.45) is 11.8 Å². The summed E-state index contributed by atoms with van der Waals surface area (Å²) in [5.74, 6) is 1.75. The normalized spacial score (nSPS) is 21.2. The molecule has 12 heteroatoms. The number of carbonyl (C=O) groups excluding carboxylic acids is 3. The molecule has 1 aliphatic carbocycles. The lowest BCUT2D eigenvalue weighted by Crippen LogP contribution is -2.51. The molecule has 3 amide bonds. The number of hydrogen-bond donors (Lipinski definition) is 3. The number of ether oxygens (including phenoxy) is 2. The molecule has 4 atom stereocenters. The maximum atomic E-state index is 13.5. The number of benzene rings is 2. The van der Waals surface area contributed by atoms with E-state index in [9.17, 15) is 14.4 Å². The average molecular weight is 694 g/mol. The number of hydrogen-bond acceptors (Lipinski definition) is 7. The third-order valence-electron chi connectivity index (χ3n) is 10.7. The molecule has 268 valence electrons. The molecule has 2 saturated heterocycles. The van der Waals surface area contributed by atoms with Gasteiger partial charge in [0.25, 0.3) is 0 Å². The van der Waals surface area contributed by atoms with E-state index in [1.165, 1.54) is 7.11 Å². The fourth-order valence-corrected chi connectivity index (χ4v) is 7.80. The summed E-state index contributed by atoms with van der Waals surface area (Å²) in [5, 5.41) is 2.70. The fraction of sp³-hybridized carbons (Fsp3) is 0.462. The molecule has 3 N–H and O–H groups in total. The van der Waals surface area contributed by atoms with Crippen LogP contribution in [0.25, 0.3) is 33.6 Å². The van der Waals surface area contributed by atoms with Gasteiger partial charge in [0.15, 0.2) is 0 Å². The van der Waals surface area contributed by atoms with Crippen molar-refractivity contribution in [1.29, 1.82) is 0 Å². The number of methoxy groups -OCH3 is 1. The lowest BCUT2D eigenvalue weighted by atomic mass is 9.93. The van der Waals surface area contributed by atoms with Crippen LogP contribution in [-0.4, -0.2) is 93.6 Å². The predicted octanol–water partition coefficient (Wildman–Crippen LogP) is 5.92. The topological polar surface area (TPSA) is 146 Å². The fourth-order valence-electron chi connectivity index (χ4n) is 7.80. The Balaban J connectivity index is 0.997. The van der Waals surface area contributed by atoms with Gasteiger partial charge >= 0.3 is 6.09 Å². The molecule has 0 radical (unpaired) electrons. The van der Waals surface area contributed by atoms with Crippen LogP contribution in [0.4, 0.5) is 4.79 Å². The zero-order valence-corrected chi connectivity index (χ0v) is 29.6. The summed E-state index contributed by atoms with van der Waals surface area (Å²) in [6.07, 6.45) is 7.66. The van der Waals surface area contributed by atoms with Crippen molar-refractivity contribution in [3.8, 4) is 33.6 Å². The lowest BCUT2D eigenvalue weighted by Gasteiger charge is -2.30. The zero-order chi connectivity index (χ0) is 35.5. The predicted molar refractivity (Wildman–Crippen MR) is 192 cm³/mol. The summed E-state index contributed by atoms with van der Waals surface area (Å²) in [4.78, 5) is 58.9. The molecule has 4 aromatic rings. The number of aromatic nitrogens is 4. The molecule has 3 fully saturated rings. The molecule has 0 spiro atoms. The van der Waals surface area contributed by atoms with E-state index in [1.807, 2.05) is 36.0 Å². The smallest absolute Gasteiger partial charge is 0.407 e. The van der Waals surface area contributed by atoms with E-state index in [0.29, 0.717) is 32.8 Å². The van der Waals surface area contributed by atoms with Gasteiger partial charge in [-0.05, 0) is 53.9 Å².